The number of hydrogen-bond donors (Lipinski definition) is 3. The Morgan fingerprint density at radius 3 is 2.30 bits per heavy atom. The lowest BCUT2D eigenvalue weighted by Gasteiger charge is -2.13. The average molecular weight is 147 g/mol. The number of hydrogen-bond acceptors (Lipinski definition) is 3. The number of nitrogens with one attached hydrogen (secondary N) is 1. The molecule has 0 heterocycles. The highest BCUT2D eigenvalue weighted by atomic mass is 16.4. The van der Waals surface area contributed by atoms with Crippen LogP contribution in [0.15, 0.2) is 0 Å². The maximum atomic E-state index is 10.3. The highest BCUT2D eigenvalue weighted by Crippen LogP contribution is 1.91. The maximum absolute atomic E-state index is 10.3. The van der Waals surface area contributed by atoms with Crippen molar-refractivity contribution in [3.8, 4) is 0 Å². The van der Waals surface area contributed by atoms with E-state index in [0.29, 0.717) is 6.42 Å². The van der Waals surface area contributed by atoms with Gasteiger partial charge in [-0.25, -0.2) is 0 Å². The summed E-state index contributed by atoms with van der Waals surface area (Å²) in [5.74, 6) is -0.927. The van der Waals surface area contributed by atoms with Crippen LogP contribution in [-0.4, -0.2) is 28.5 Å². The Balaban J connectivity index is 3.72. The number of carboxylic acid groups (broad SMARTS) is 1. The fourth-order valence-electron chi connectivity index (χ4n) is 0.655. The average Bonchev–Trinajstić information content (AvgIpc) is 1.81. The van der Waals surface area contributed by atoms with E-state index in [-0.39, 0.29) is 0 Å². The summed E-state index contributed by atoms with van der Waals surface area (Å²) >= 11 is 0. The van der Waals surface area contributed by atoms with Crippen molar-refractivity contribution in [2.24, 2.45) is 0 Å². The molecule has 0 radical (unpaired) electrons. The fourth-order valence-corrected chi connectivity index (χ4v) is 0.655. The molecule has 0 aromatic heterocycles. The normalized spacial score (nSPS) is 16.3. The lowest BCUT2D eigenvalue weighted by molar-refractivity contribution is -0.140. The smallest absolute Gasteiger partial charge is 0.320 e. The molecule has 3 N–H and O–H groups in total. The van der Waals surface area contributed by atoms with Crippen molar-refractivity contribution in [2.75, 3.05) is 0 Å². The van der Waals surface area contributed by atoms with Crippen LogP contribution >= 0.6 is 0 Å². The van der Waals surface area contributed by atoms with E-state index in [9.17, 15) is 4.79 Å². The lowest BCUT2D eigenvalue weighted by atomic mass is 10.2. The van der Waals surface area contributed by atoms with E-state index < -0.39 is 18.2 Å². The van der Waals surface area contributed by atoms with Crippen LogP contribution in [0.2, 0.25) is 0 Å². The molecule has 0 saturated carbocycles. The van der Waals surface area contributed by atoms with Crippen LogP contribution in [0.3, 0.4) is 0 Å². The van der Waals surface area contributed by atoms with Crippen molar-refractivity contribution >= 4 is 5.97 Å². The molecule has 4 nitrogen and oxygen atoms in total. The van der Waals surface area contributed by atoms with Crippen LogP contribution in [0.5, 0.6) is 0 Å². The third kappa shape index (κ3) is 3.42. The number of aliphatic hydroxyl groups excluding tert-OH is 1. The first-order valence-electron chi connectivity index (χ1n) is 3.24. The van der Waals surface area contributed by atoms with Gasteiger partial charge >= 0.3 is 5.97 Å². The van der Waals surface area contributed by atoms with Crippen molar-refractivity contribution in [3.05, 3.63) is 0 Å². The van der Waals surface area contributed by atoms with Crippen LogP contribution < -0.4 is 5.32 Å². The molecule has 0 aliphatic carbocycles. The van der Waals surface area contributed by atoms with Gasteiger partial charge in [-0.15, -0.1) is 0 Å². The second-order valence-electron chi connectivity index (χ2n) is 2.14. The lowest BCUT2D eigenvalue weighted by Crippen LogP contribution is -2.41. The first-order chi connectivity index (χ1) is 4.57. The van der Waals surface area contributed by atoms with E-state index in [2.05, 4.69) is 5.32 Å². The maximum Gasteiger partial charge on any atom is 0.320 e. The van der Waals surface area contributed by atoms with Gasteiger partial charge in [0, 0.05) is 0 Å². The predicted molar refractivity (Wildman–Crippen MR) is 36.5 cm³/mol. The van der Waals surface area contributed by atoms with Gasteiger partial charge in [-0.2, -0.15) is 0 Å². The first-order valence-corrected chi connectivity index (χ1v) is 3.24. The molecule has 2 unspecified atom stereocenters. The van der Waals surface area contributed by atoms with Crippen LogP contribution in [0.25, 0.3) is 0 Å². The van der Waals surface area contributed by atoms with Gasteiger partial charge in [0.1, 0.15) is 12.3 Å². The van der Waals surface area contributed by atoms with E-state index >= 15 is 0 Å². The Morgan fingerprint density at radius 2 is 2.20 bits per heavy atom. The van der Waals surface area contributed by atoms with Gasteiger partial charge in [0.25, 0.3) is 0 Å². The second-order valence-corrected chi connectivity index (χ2v) is 2.14. The largest absolute Gasteiger partial charge is 0.480 e. The monoisotopic (exact) mass is 147 g/mol. The first kappa shape index (κ1) is 9.39. The zero-order valence-electron chi connectivity index (χ0n) is 6.16. The zero-order valence-corrected chi connectivity index (χ0v) is 6.16. The Morgan fingerprint density at radius 1 is 1.70 bits per heavy atom. The van der Waals surface area contributed by atoms with Crippen LogP contribution in [0.4, 0.5) is 0 Å². The molecule has 0 aromatic rings. The second kappa shape index (κ2) is 4.24. The summed E-state index contributed by atoms with van der Waals surface area (Å²) in [5.41, 5.74) is 0. The van der Waals surface area contributed by atoms with Gasteiger partial charge in [0.15, 0.2) is 0 Å². The molecule has 0 bridgehead atoms. The number of rotatable bonds is 4. The van der Waals surface area contributed by atoms with Gasteiger partial charge in [0.05, 0.1) is 0 Å². The van der Waals surface area contributed by atoms with Gasteiger partial charge in [-0.3, -0.25) is 10.1 Å². The van der Waals surface area contributed by atoms with Crippen LogP contribution in [0.1, 0.15) is 20.3 Å². The predicted octanol–water partition coefficient (Wildman–Crippen LogP) is -0.223. The topological polar surface area (TPSA) is 69.6 Å². The van der Waals surface area contributed by atoms with Crippen LogP contribution in [-0.2, 0) is 4.79 Å². The molecule has 0 spiro atoms. The molecule has 0 aliphatic heterocycles. The Labute approximate surface area is 59.9 Å². The van der Waals surface area contributed by atoms with Crippen molar-refractivity contribution in [3.63, 3.8) is 0 Å². The molecule has 4 heteroatoms. The van der Waals surface area contributed by atoms with Crippen molar-refractivity contribution in [2.45, 2.75) is 32.5 Å². The molecule has 0 saturated heterocycles. The molecule has 0 rings (SSSR count). The van der Waals surface area contributed by atoms with Gasteiger partial charge < -0.3 is 10.2 Å². The van der Waals surface area contributed by atoms with Crippen molar-refractivity contribution < 1.29 is 15.0 Å². The molecule has 0 fully saturated rings. The summed E-state index contributed by atoms with van der Waals surface area (Å²) in [6, 6.07) is -0.639. The summed E-state index contributed by atoms with van der Waals surface area (Å²) in [6.07, 6.45) is -0.290. The standard InChI is InChI=1S/C6H13NO3/c1-3-5(6(9)10)7-4(2)8/h4-5,7-8H,3H2,1-2H3,(H,9,10). The molecule has 60 valence electrons. The summed E-state index contributed by atoms with van der Waals surface area (Å²) in [5, 5.41) is 19.7. The SMILES string of the molecule is CCC(NC(C)O)C(=O)O. The summed E-state index contributed by atoms with van der Waals surface area (Å²) in [4.78, 5) is 10.3. The molecule has 10 heavy (non-hydrogen) atoms. The minimum absolute atomic E-state index is 0.472. The van der Waals surface area contributed by atoms with Gasteiger partial charge in [-0.05, 0) is 13.3 Å². The number of carboxylic acids is 1. The van der Waals surface area contributed by atoms with Gasteiger partial charge in [0.2, 0.25) is 0 Å². The van der Waals surface area contributed by atoms with E-state index in [0.717, 1.165) is 0 Å². The third-order valence-electron chi connectivity index (χ3n) is 1.15. The summed E-state index contributed by atoms with van der Waals surface area (Å²) in [7, 11) is 0. The zero-order chi connectivity index (χ0) is 8.15. The summed E-state index contributed by atoms with van der Waals surface area (Å²) < 4.78 is 0. The Hall–Kier alpha value is -0.610. The van der Waals surface area contributed by atoms with Crippen molar-refractivity contribution in [1.29, 1.82) is 0 Å². The van der Waals surface area contributed by atoms with E-state index in [4.69, 9.17) is 10.2 Å². The molecule has 0 aromatic carbocycles. The molecule has 0 aliphatic rings. The Kier molecular flexibility index (Phi) is 3.99. The highest BCUT2D eigenvalue weighted by Gasteiger charge is 2.14. The van der Waals surface area contributed by atoms with E-state index in [1.165, 1.54) is 6.92 Å². The number of carbonyl (C=O) groups is 1. The minimum atomic E-state index is -0.927. The molecule has 0 amide bonds. The minimum Gasteiger partial charge on any atom is -0.480 e. The molecular weight excluding hydrogens is 134 g/mol. The van der Waals surface area contributed by atoms with Gasteiger partial charge in [-0.1, -0.05) is 6.92 Å². The number of aliphatic hydroxyl groups is 1. The fraction of sp³-hybridized carbons (Fsp3) is 0.833. The van der Waals surface area contributed by atoms with Crippen LogP contribution in [0, 0.1) is 0 Å². The highest BCUT2D eigenvalue weighted by molar-refractivity contribution is 5.73. The van der Waals surface area contributed by atoms with E-state index in [1.807, 2.05) is 0 Å². The Bertz CT molecular complexity index is 114. The summed E-state index contributed by atoms with van der Waals surface area (Å²) in [6.45, 7) is 3.24. The van der Waals surface area contributed by atoms with Crippen molar-refractivity contribution in [1.82, 2.24) is 5.32 Å². The molecular formula is C6H13NO3. The van der Waals surface area contributed by atoms with E-state index in [1.54, 1.807) is 6.92 Å². The third-order valence-corrected chi connectivity index (χ3v) is 1.15. The quantitative estimate of drug-likeness (QED) is 0.481. The number of aliphatic carboxylic acids is 1. The molecule has 2 atom stereocenters.